The number of rotatable bonds is 5. The van der Waals surface area contributed by atoms with E-state index in [-0.39, 0.29) is 6.04 Å². The molecule has 0 fully saturated rings. The zero-order chi connectivity index (χ0) is 13.7. The molecule has 1 atom stereocenters. The van der Waals surface area contributed by atoms with Crippen LogP contribution in [0.15, 0.2) is 48.5 Å². The van der Waals surface area contributed by atoms with E-state index in [1.807, 2.05) is 36.4 Å². The highest BCUT2D eigenvalue weighted by atomic mass is 35.5. The fraction of sp³-hybridized carbons (Fsp3) is 0.250. The largest absolute Gasteiger partial charge is 0.495 e. The van der Waals surface area contributed by atoms with E-state index in [0.29, 0.717) is 10.8 Å². The summed E-state index contributed by atoms with van der Waals surface area (Å²) < 4.78 is 5.14. The number of benzene rings is 2. The lowest BCUT2D eigenvalue weighted by Crippen LogP contribution is -2.11. The van der Waals surface area contributed by atoms with Gasteiger partial charge in [-0.1, -0.05) is 48.0 Å². The van der Waals surface area contributed by atoms with E-state index < -0.39 is 0 Å². The molecule has 0 heterocycles. The molecule has 0 spiro atoms. The van der Waals surface area contributed by atoms with Crippen LogP contribution in [0.2, 0.25) is 5.02 Å². The van der Waals surface area contributed by atoms with Crippen molar-refractivity contribution in [2.24, 2.45) is 5.73 Å². The van der Waals surface area contributed by atoms with Crippen LogP contribution in [0, 0.1) is 0 Å². The molecule has 1 unspecified atom stereocenters. The van der Waals surface area contributed by atoms with Gasteiger partial charge in [-0.05, 0) is 36.1 Å². The molecule has 100 valence electrons. The molecule has 2 nitrogen and oxygen atoms in total. The van der Waals surface area contributed by atoms with Gasteiger partial charge in [-0.2, -0.15) is 0 Å². The van der Waals surface area contributed by atoms with Crippen molar-refractivity contribution in [3.63, 3.8) is 0 Å². The summed E-state index contributed by atoms with van der Waals surface area (Å²) in [5.41, 5.74) is 8.55. The number of hydrogen-bond acceptors (Lipinski definition) is 2. The quantitative estimate of drug-likeness (QED) is 0.896. The Kier molecular flexibility index (Phi) is 4.83. The lowest BCUT2D eigenvalue weighted by Gasteiger charge is -2.13. The van der Waals surface area contributed by atoms with Crippen molar-refractivity contribution in [3.8, 4) is 5.75 Å². The van der Waals surface area contributed by atoms with Gasteiger partial charge in [-0.25, -0.2) is 0 Å². The number of halogens is 1. The third-order valence-corrected chi connectivity index (χ3v) is 3.49. The Balaban J connectivity index is 2.00. The topological polar surface area (TPSA) is 35.2 Å². The monoisotopic (exact) mass is 275 g/mol. The van der Waals surface area contributed by atoms with Gasteiger partial charge in [-0.3, -0.25) is 0 Å². The van der Waals surface area contributed by atoms with Gasteiger partial charge < -0.3 is 10.5 Å². The Morgan fingerprint density at radius 1 is 1.16 bits per heavy atom. The van der Waals surface area contributed by atoms with Crippen molar-refractivity contribution >= 4 is 11.6 Å². The van der Waals surface area contributed by atoms with E-state index in [1.54, 1.807) is 7.11 Å². The first-order valence-electron chi connectivity index (χ1n) is 6.33. The molecule has 0 bridgehead atoms. The smallest absolute Gasteiger partial charge is 0.137 e. The fourth-order valence-corrected chi connectivity index (χ4v) is 2.31. The summed E-state index contributed by atoms with van der Waals surface area (Å²) >= 11 is 6.11. The summed E-state index contributed by atoms with van der Waals surface area (Å²) in [6, 6.07) is 16.1. The number of nitrogens with two attached hydrogens (primary N) is 1. The summed E-state index contributed by atoms with van der Waals surface area (Å²) in [6.45, 7) is 0. The fourth-order valence-electron chi connectivity index (χ4n) is 2.05. The van der Waals surface area contributed by atoms with E-state index in [1.165, 1.54) is 5.56 Å². The van der Waals surface area contributed by atoms with Crippen molar-refractivity contribution in [2.75, 3.05) is 7.11 Å². The second-order valence-electron chi connectivity index (χ2n) is 4.52. The standard InChI is InChI=1S/C16H18ClNO/c1-19-16-10-8-13(11-14(16)17)15(18)9-7-12-5-3-2-4-6-12/h2-6,8,10-11,15H,7,9,18H2,1H3. The molecule has 0 aromatic heterocycles. The van der Waals surface area contributed by atoms with Crippen molar-refractivity contribution in [1.29, 1.82) is 0 Å². The first kappa shape index (κ1) is 13.9. The first-order valence-corrected chi connectivity index (χ1v) is 6.71. The molecule has 19 heavy (non-hydrogen) atoms. The lowest BCUT2D eigenvalue weighted by molar-refractivity contribution is 0.414. The zero-order valence-corrected chi connectivity index (χ0v) is 11.7. The lowest BCUT2D eigenvalue weighted by atomic mass is 10.00. The SMILES string of the molecule is COc1ccc(C(N)CCc2ccccc2)cc1Cl. The van der Waals surface area contributed by atoms with Crippen LogP contribution in [0.5, 0.6) is 5.75 Å². The molecule has 0 aliphatic heterocycles. The maximum Gasteiger partial charge on any atom is 0.137 e. The Hall–Kier alpha value is -1.51. The van der Waals surface area contributed by atoms with Gasteiger partial charge in [0.1, 0.15) is 5.75 Å². The Labute approximate surface area is 119 Å². The number of methoxy groups -OCH3 is 1. The van der Waals surface area contributed by atoms with Crippen LogP contribution in [-0.4, -0.2) is 7.11 Å². The average Bonchev–Trinajstić information content (AvgIpc) is 2.45. The number of hydrogen-bond donors (Lipinski definition) is 1. The molecule has 0 radical (unpaired) electrons. The third kappa shape index (κ3) is 3.72. The molecular formula is C16H18ClNO. The van der Waals surface area contributed by atoms with E-state index in [0.717, 1.165) is 18.4 Å². The van der Waals surface area contributed by atoms with Crippen molar-refractivity contribution in [1.82, 2.24) is 0 Å². The van der Waals surface area contributed by atoms with Gasteiger partial charge in [0.15, 0.2) is 0 Å². The summed E-state index contributed by atoms with van der Waals surface area (Å²) in [5, 5.41) is 0.607. The highest BCUT2D eigenvalue weighted by Crippen LogP contribution is 2.28. The van der Waals surface area contributed by atoms with Crippen molar-refractivity contribution < 1.29 is 4.74 Å². The summed E-state index contributed by atoms with van der Waals surface area (Å²) in [4.78, 5) is 0. The molecule has 0 aliphatic rings. The van der Waals surface area contributed by atoms with Gasteiger partial charge in [0, 0.05) is 6.04 Å². The highest BCUT2D eigenvalue weighted by molar-refractivity contribution is 6.32. The molecule has 3 heteroatoms. The predicted molar refractivity (Wildman–Crippen MR) is 79.7 cm³/mol. The molecule has 0 amide bonds. The Bertz CT molecular complexity index is 528. The van der Waals surface area contributed by atoms with Gasteiger partial charge in [0.25, 0.3) is 0 Å². The van der Waals surface area contributed by atoms with E-state index in [9.17, 15) is 0 Å². The Morgan fingerprint density at radius 2 is 1.89 bits per heavy atom. The molecule has 2 aromatic carbocycles. The maximum atomic E-state index is 6.20. The molecular weight excluding hydrogens is 258 g/mol. The zero-order valence-electron chi connectivity index (χ0n) is 11.0. The normalized spacial score (nSPS) is 12.2. The van der Waals surface area contributed by atoms with Crippen LogP contribution < -0.4 is 10.5 Å². The van der Waals surface area contributed by atoms with Gasteiger partial charge >= 0.3 is 0 Å². The van der Waals surface area contributed by atoms with Crippen LogP contribution in [0.4, 0.5) is 0 Å². The van der Waals surface area contributed by atoms with Crippen molar-refractivity contribution in [3.05, 3.63) is 64.7 Å². The number of ether oxygens (including phenoxy) is 1. The molecule has 2 N–H and O–H groups in total. The van der Waals surface area contributed by atoms with Gasteiger partial charge in [0.05, 0.1) is 12.1 Å². The van der Waals surface area contributed by atoms with Gasteiger partial charge in [-0.15, -0.1) is 0 Å². The minimum atomic E-state index is -0.0105. The van der Waals surface area contributed by atoms with Crippen LogP contribution in [0.25, 0.3) is 0 Å². The molecule has 2 aromatic rings. The van der Waals surface area contributed by atoms with Crippen LogP contribution in [0.1, 0.15) is 23.6 Å². The molecule has 0 saturated heterocycles. The van der Waals surface area contributed by atoms with E-state index >= 15 is 0 Å². The number of aryl methyl sites for hydroxylation is 1. The van der Waals surface area contributed by atoms with Crippen molar-refractivity contribution in [2.45, 2.75) is 18.9 Å². The maximum absolute atomic E-state index is 6.20. The van der Waals surface area contributed by atoms with E-state index in [4.69, 9.17) is 22.1 Å². The summed E-state index contributed by atoms with van der Waals surface area (Å²) in [5.74, 6) is 0.681. The molecule has 2 rings (SSSR count). The summed E-state index contributed by atoms with van der Waals surface area (Å²) in [7, 11) is 1.61. The Morgan fingerprint density at radius 3 is 2.53 bits per heavy atom. The second-order valence-corrected chi connectivity index (χ2v) is 4.93. The third-order valence-electron chi connectivity index (χ3n) is 3.19. The van der Waals surface area contributed by atoms with Crippen LogP contribution >= 0.6 is 11.6 Å². The second kappa shape index (κ2) is 6.60. The van der Waals surface area contributed by atoms with Crippen LogP contribution in [-0.2, 0) is 6.42 Å². The van der Waals surface area contributed by atoms with E-state index in [2.05, 4.69) is 12.1 Å². The minimum absolute atomic E-state index is 0.0105. The average molecular weight is 276 g/mol. The van der Waals surface area contributed by atoms with Gasteiger partial charge in [0.2, 0.25) is 0 Å². The molecule has 0 aliphatic carbocycles. The summed E-state index contributed by atoms with van der Waals surface area (Å²) in [6.07, 6.45) is 1.86. The van der Waals surface area contributed by atoms with Crippen LogP contribution in [0.3, 0.4) is 0 Å². The first-order chi connectivity index (χ1) is 9.20. The minimum Gasteiger partial charge on any atom is -0.495 e. The molecule has 0 saturated carbocycles. The predicted octanol–water partition coefficient (Wildman–Crippen LogP) is 3.98. The highest BCUT2D eigenvalue weighted by Gasteiger charge is 2.09.